The average Bonchev–Trinajstić information content (AvgIpc) is 2.60. The third-order valence-electron chi connectivity index (χ3n) is 3.62. The van der Waals surface area contributed by atoms with Crippen LogP contribution in [-0.2, 0) is 21.0 Å². The molecule has 0 unspecified atom stereocenters. The van der Waals surface area contributed by atoms with Crippen LogP contribution < -0.4 is 5.32 Å². The lowest BCUT2D eigenvalue weighted by Gasteiger charge is -2.07. The van der Waals surface area contributed by atoms with E-state index in [0.717, 1.165) is 5.56 Å². The van der Waals surface area contributed by atoms with Crippen molar-refractivity contribution >= 4 is 15.7 Å². The first-order valence-electron chi connectivity index (χ1n) is 7.77. The Morgan fingerprint density at radius 2 is 1.88 bits per heavy atom. The average molecular weight is 365 g/mol. The Balaban J connectivity index is 1.92. The van der Waals surface area contributed by atoms with Crippen LogP contribution >= 0.6 is 0 Å². The lowest BCUT2D eigenvalue weighted by molar-refractivity contribution is 0.0954. The van der Waals surface area contributed by atoms with Crippen LogP contribution in [0, 0.1) is 5.82 Å². The highest BCUT2D eigenvalue weighted by Crippen LogP contribution is 2.12. The van der Waals surface area contributed by atoms with Crippen LogP contribution in [0.2, 0.25) is 0 Å². The molecule has 0 saturated carbocycles. The highest BCUT2D eigenvalue weighted by molar-refractivity contribution is 7.91. The molecule has 0 bridgehead atoms. The fraction of sp³-hybridized carbons (Fsp3) is 0.278. The second-order valence-corrected chi connectivity index (χ2v) is 7.58. The summed E-state index contributed by atoms with van der Waals surface area (Å²) in [4.78, 5) is 12.2. The summed E-state index contributed by atoms with van der Waals surface area (Å²) in [5.41, 5.74) is 1.16. The van der Waals surface area contributed by atoms with Gasteiger partial charge in [-0.1, -0.05) is 12.1 Å². The lowest BCUT2D eigenvalue weighted by atomic mass is 10.1. The quantitative estimate of drug-likeness (QED) is 0.779. The molecule has 0 saturated heterocycles. The van der Waals surface area contributed by atoms with Gasteiger partial charge in [-0.15, -0.1) is 0 Å². The van der Waals surface area contributed by atoms with Crippen molar-refractivity contribution in [3.05, 3.63) is 65.5 Å². The van der Waals surface area contributed by atoms with E-state index in [1.165, 1.54) is 43.5 Å². The van der Waals surface area contributed by atoms with Crippen LogP contribution in [0.1, 0.15) is 15.9 Å². The molecular formula is C18H20FNO4S. The number of rotatable bonds is 8. The molecule has 25 heavy (non-hydrogen) atoms. The molecular weight excluding hydrogens is 345 g/mol. The van der Waals surface area contributed by atoms with Crippen molar-refractivity contribution < 1.29 is 22.3 Å². The molecule has 2 aromatic carbocycles. The number of halogens is 1. The van der Waals surface area contributed by atoms with Gasteiger partial charge in [0.1, 0.15) is 5.82 Å². The number of methoxy groups -OCH3 is 1. The van der Waals surface area contributed by atoms with E-state index in [0.29, 0.717) is 18.5 Å². The van der Waals surface area contributed by atoms with Gasteiger partial charge >= 0.3 is 0 Å². The number of carbonyl (C=O) groups excluding carboxylic acids is 1. The Kier molecular flexibility index (Phi) is 6.66. The molecule has 134 valence electrons. The molecule has 0 radical (unpaired) electrons. The van der Waals surface area contributed by atoms with Crippen molar-refractivity contribution in [1.29, 1.82) is 0 Å². The largest absolute Gasteiger partial charge is 0.384 e. The van der Waals surface area contributed by atoms with Crippen molar-refractivity contribution in [1.82, 2.24) is 5.32 Å². The van der Waals surface area contributed by atoms with E-state index < -0.39 is 9.84 Å². The molecule has 2 aromatic rings. The predicted octanol–water partition coefficient (Wildman–Crippen LogP) is 2.22. The van der Waals surface area contributed by atoms with E-state index in [2.05, 4.69) is 5.32 Å². The highest BCUT2D eigenvalue weighted by atomic mass is 32.2. The van der Waals surface area contributed by atoms with Crippen LogP contribution in [0.3, 0.4) is 0 Å². The molecule has 0 aliphatic rings. The van der Waals surface area contributed by atoms with E-state index in [9.17, 15) is 17.6 Å². The smallest absolute Gasteiger partial charge is 0.251 e. The zero-order valence-electron chi connectivity index (χ0n) is 13.9. The van der Waals surface area contributed by atoms with Gasteiger partial charge in [0.15, 0.2) is 9.84 Å². The van der Waals surface area contributed by atoms with E-state index in [4.69, 9.17) is 4.74 Å². The minimum atomic E-state index is -3.41. The van der Waals surface area contributed by atoms with Crippen molar-refractivity contribution in [2.24, 2.45) is 0 Å². The molecule has 7 heteroatoms. The molecule has 2 rings (SSSR count). The van der Waals surface area contributed by atoms with Gasteiger partial charge in [0, 0.05) is 19.2 Å². The summed E-state index contributed by atoms with van der Waals surface area (Å²) in [6.07, 6.45) is 0.507. The van der Waals surface area contributed by atoms with Crippen LogP contribution in [0.5, 0.6) is 0 Å². The molecule has 5 nitrogen and oxygen atoms in total. The lowest BCUT2D eigenvalue weighted by Crippen LogP contribution is -2.25. The summed E-state index contributed by atoms with van der Waals surface area (Å²) in [5, 5.41) is 2.73. The second kappa shape index (κ2) is 8.73. The second-order valence-electron chi connectivity index (χ2n) is 5.47. The number of sulfone groups is 1. The molecule has 0 atom stereocenters. The molecule has 1 N–H and O–H groups in total. The van der Waals surface area contributed by atoms with E-state index in [-0.39, 0.29) is 29.0 Å². The zero-order valence-corrected chi connectivity index (χ0v) is 14.7. The minimum absolute atomic E-state index is 0.108. The van der Waals surface area contributed by atoms with Crippen molar-refractivity contribution in [2.75, 3.05) is 26.0 Å². The Morgan fingerprint density at radius 1 is 1.16 bits per heavy atom. The van der Waals surface area contributed by atoms with Gasteiger partial charge in [-0.2, -0.15) is 0 Å². The molecule has 0 spiro atoms. The molecule has 0 aromatic heterocycles. The number of carbonyl (C=O) groups is 1. The van der Waals surface area contributed by atoms with Gasteiger partial charge in [-0.05, 0) is 48.4 Å². The number of hydrogen-bond acceptors (Lipinski definition) is 4. The number of ether oxygens (including phenoxy) is 1. The van der Waals surface area contributed by atoms with Crippen LogP contribution in [0.15, 0.2) is 53.4 Å². The zero-order chi connectivity index (χ0) is 18.3. The monoisotopic (exact) mass is 365 g/mol. The molecule has 0 heterocycles. The summed E-state index contributed by atoms with van der Waals surface area (Å²) >= 11 is 0. The molecule has 0 aliphatic carbocycles. The van der Waals surface area contributed by atoms with E-state index in [1.807, 2.05) is 0 Å². The van der Waals surface area contributed by atoms with Crippen LogP contribution in [0.4, 0.5) is 4.39 Å². The van der Waals surface area contributed by atoms with Gasteiger partial charge in [-0.3, -0.25) is 4.79 Å². The topological polar surface area (TPSA) is 72.5 Å². The van der Waals surface area contributed by atoms with Crippen molar-refractivity contribution in [3.8, 4) is 0 Å². The third kappa shape index (κ3) is 5.65. The Bertz CT molecular complexity index is 819. The minimum Gasteiger partial charge on any atom is -0.384 e. The number of amides is 1. The maximum Gasteiger partial charge on any atom is 0.251 e. The number of nitrogens with one attached hydrogen (secondary N) is 1. The van der Waals surface area contributed by atoms with Gasteiger partial charge < -0.3 is 10.1 Å². The van der Waals surface area contributed by atoms with Gasteiger partial charge in [0.2, 0.25) is 0 Å². The predicted molar refractivity (Wildman–Crippen MR) is 92.8 cm³/mol. The summed E-state index contributed by atoms with van der Waals surface area (Å²) in [6, 6.07) is 12.0. The first kappa shape index (κ1) is 19.1. The van der Waals surface area contributed by atoms with Crippen LogP contribution in [-0.4, -0.2) is 40.3 Å². The fourth-order valence-electron chi connectivity index (χ4n) is 2.24. The Hall–Kier alpha value is -2.25. The first-order chi connectivity index (χ1) is 11.9. The van der Waals surface area contributed by atoms with Gasteiger partial charge in [0.25, 0.3) is 5.91 Å². The number of benzene rings is 2. The highest BCUT2D eigenvalue weighted by Gasteiger charge is 2.15. The fourth-order valence-corrected chi connectivity index (χ4v) is 3.41. The standard InChI is InChI=1S/C18H20FNO4S/c1-24-11-12-25(22,23)17-7-5-15(6-8-17)18(21)20-10-9-14-3-2-4-16(19)13-14/h2-8,13H,9-12H2,1H3,(H,20,21). The first-order valence-corrected chi connectivity index (χ1v) is 9.42. The third-order valence-corrected chi connectivity index (χ3v) is 5.31. The summed E-state index contributed by atoms with van der Waals surface area (Å²) in [7, 11) is -1.98. The Labute approximate surface area is 146 Å². The van der Waals surface area contributed by atoms with E-state index in [1.54, 1.807) is 12.1 Å². The Morgan fingerprint density at radius 3 is 2.52 bits per heavy atom. The maximum atomic E-state index is 13.1. The number of hydrogen-bond donors (Lipinski definition) is 1. The SMILES string of the molecule is COCCS(=O)(=O)c1ccc(C(=O)NCCc2cccc(F)c2)cc1. The molecule has 1 amide bonds. The van der Waals surface area contributed by atoms with Crippen molar-refractivity contribution in [2.45, 2.75) is 11.3 Å². The van der Waals surface area contributed by atoms with E-state index >= 15 is 0 Å². The molecule has 0 fully saturated rings. The maximum absolute atomic E-state index is 13.1. The van der Waals surface area contributed by atoms with Gasteiger partial charge in [0.05, 0.1) is 17.3 Å². The summed E-state index contributed by atoms with van der Waals surface area (Å²) < 4.78 is 41.9. The van der Waals surface area contributed by atoms with Crippen molar-refractivity contribution in [3.63, 3.8) is 0 Å². The molecule has 0 aliphatic heterocycles. The van der Waals surface area contributed by atoms with Crippen LogP contribution in [0.25, 0.3) is 0 Å². The summed E-state index contributed by atoms with van der Waals surface area (Å²) in [6.45, 7) is 0.473. The normalized spacial score (nSPS) is 11.3. The van der Waals surface area contributed by atoms with Gasteiger partial charge in [-0.25, -0.2) is 12.8 Å². The summed E-state index contributed by atoms with van der Waals surface area (Å²) in [5.74, 6) is -0.728.